The predicted octanol–water partition coefficient (Wildman–Crippen LogP) is -2.21. The molecule has 0 bridgehead atoms. The van der Waals surface area contributed by atoms with Crippen LogP contribution in [0.5, 0.6) is 11.5 Å². The summed E-state index contributed by atoms with van der Waals surface area (Å²) in [5.74, 6) is -0.440. The summed E-state index contributed by atoms with van der Waals surface area (Å²) in [5.41, 5.74) is 0.453. The number of hydrogen-bond donors (Lipinski definition) is 3. The number of carbonyl (C=O) groups excluding carboxylic acids is 1. The quantitative estimate of drug-likeness (QED) is 0.430. The monoisotopic (exact) mass is 271 g/mol. The average Bonchev–Trinajstić information content (AvgIpc) is 2.82. The van der Waals surface area contributed by atoms with Gasteiger partial charge in [-0.1, -0.05) is 0 Å². The standard InChI is InChI=1S/C13H17NO3.ClH/c15-11-6-5-9(7-12(11)16)13(17)8-14-10-3-1-2-4-10;/h5-7,10,14-16H,1-4,8H2;1H. The van der Waals surface area contributed by atoms with Gasteiger partial charge in [0.15, 0.2) is 11.5 Å². The highest BCUT2D eigenvalue weighted by Gasteiger charge is 2.19. The SMILES string of the molecule is O=C(C[NH2+]C1CCCC1)c1ccc(O)c(O)c1.[Cl-]. The summed E-state index contributed by atoms with van der Waals surface area (Å²) in [6.07, 6.45) is 4.90. The zero-order chi connectivity index (χ0) is 12.3. The van der Waals surface area contributed by atoms with Gasteiger partial charge in [-0.15, -0.1) is 0 Å². The van der Waals surface area contributed by atoms with Crippen LogP contribution >= 0.6 is 0 Å². The highest BCUT2D eigenvalue weighted by Crippen LogP contribution is 2.24. The Hall–Kier alpha value is -1.26. The van der Waals surface area contributed by atoms with Gasteiger partial charge in [-0.05, 0) is 43.9 Å². The molecular formula is C13H18ClNO3. The molecule has 0 spiro atoms. The van der Waals surface area contributed by atoms with Crippen LogP contribution in [-0.2, 0) is 0 Å². The fourth-order valence-corrected chi connectivity index (χ4v) is 2.28. The fraction of sp³-hybridized carbons (Fsp3) is 0.462. The zero-order valence-electron chi connectivity index (χ0n) is 10.1. The largest absolute Gasteiger partial charge is 1.00 e. The van der Waals surface area contributed by atoms with E-state index < -0.39 is 0 Å². The molecule has 4 nitrogen and oxygen atoms in total. The molecule has 5 heteroatoms. The van der Waals surface area contributed by atoms with Gasteiger partial charge >= 0.3 is 0 Å². The van der Waals surface area contributed by atoms with Crippen LogP contribution in [0.3, 0.4) is 0 Å². The van der Waals surface area contributed by atoms with Crippen LogP contribution in [0.1, 0.15) is 36.0 Å². The summed E-state index contributed by atoms with van der Waals surface area (Å²) in [6, 6.07) is 4.78. The number of hydrogen-bond acceptors (Lipinski definition) is 3. The summed E-state index contributed by atoms with van der Waals surface area (Å²) in [6.45, 7) is 0.412. The van der Waals surface area contributed by atoms with Crippen LogP contribution in [0.25, 0.3) is 0 Å². The maximum absolute atomic E-state index is 11.8. The Morgan fingerprint density at radius 1 is 1.22 bits per heavy atom. The van der Waals surface area contributed by atoms with Gasteiger partial charge in [0.2, 0.25) is 5.78 Å². The van der Waals surface area contributed by atoms with Crippen LogP contribution in [0.4, 0.5) is 0 Å². The fourth-order valence-electron chi connectivity index (χ4n) is 2.28. The van der Waals surface area contributed by atoms with Crippen molar-refractivity contribution in [3.8, 4) is 11.5 Å². The lowest BCUT2D eigenvalue weighted by Crippen LogP contribution is -3.00. The summed E-state index contributed by atoms with van der Waals surface area (Å²) >= 11 is 0. The van der Waals surface area contributed by atoms with Crippen LogP contribution in [-0.4, -0.2) is 28.6 Å². The minimum absolute atomic E-state index is 0. The van der Waals surface area contributed by atoms with E-state index in [1.54, 1.807) is 6.07 Å². The van der Waals surface area contributed by atoms with E-state index >= 15 is 0 Å². The number of rotatable bonds is 4. The average molecular weight is 272 g/mol. The first-order valence-electron chi connectivity index (χ1n) is 6.05. The van der Waals surface area contributed by atoms with Crippen molar-refractivity contribution in [1.82, 2.24) is 0 Å². The molecule has 2 rings (SSSR count). The lowest BCUT2D eigenvalue weighted by Gasteiger charge is -2.08. The number of halogens is 1. The van der Waals surface area contributed by atoms with Crippen LogP contribution in [0.2, 0.25) is 0 Å². The molecule has 100 valence electrons. The first kappa shape index (κ1) is 14.8. The van der Waals surface area contributed by atoms with E-state index in [0.717, 1.165) is 0 Å². The Labute approximate surface area is 112 Å². The van der Waals surface area contributed by atoms with Crippen molar-refractivity contribution in [2.45, 2.75) is 31.7 Å². The molecule has 1 aromatic rings. The maximum atomic E-state index is 11.8. The molecule has 1 saturated carbocycles. The molecule has 4 N–H and O–H groups in total. The minimum Gasteiger partial charge on any atom is -1.00 e. The van der Waals surface area contributed by atoms with Gasteiger partial charge in [0, 0.05) is 5.56 Å². The number of Topliss-reactive ketones (excluding diaryl/α,β-unsaturated/α-hetero) is 1. The lowest BCUT2D eigenvalue weighted by atomic mass is 10.1. The first-order chi connectivity index (χ1) is 8.16. The second-order valence-electron chi connectivity index (χ2n) is 4.61. The molecule has 0 radical (unpaired) electrons. The Kier molecular flexibility index (Phi) is 5.44. The molecule has 1 aliphatic rings. The normalized spacial score (nSPS) is 15.3. The Morgan fingerprint density at radius 3 is 2.50 bits per heavy atom. The van der Waals surface area contributed by atoms with Crippen LogP contribution in [0, 0.1) is 0 Å². The molecule has 0 saturated heterocycles. The highest BCUT2D eigenvalue weighted by molar-refractivity contribution is 5.97. The summed E-state index contributed by atoms with van der Waals surface area (Å²) in [4.78, 5) is 11.8. The van der Waals surface area contributed by atoms with Gasteiger partial charge in [-0.25, -0.2) is 0 Å². The Balaban J connectivity index is 0.00000162. The van der Waals surface area contributed by atoms with Crippen molar-refractivity contribution in [3.05, 3.63) is 23.8 Å². The Morgan fingerprint density at radius 2 is 1.89 bits per heavy atom. The zero-order valence-corrected chi connectivity index (χ0v) is 10.9. The lowest BCUT2D eigenvalue weighted by molar-refractivity contribution is -0.676. The van der Waals surface area contributed by atoms with Crippen LogP contribution < -0.4 is 17.7 Å². The molecule has 1 aromatic carbocycles. The summed E-state index contributed by atoms with van der Waals surface area (Å²) in [5, 5.41) is 20.6. The van der Waals surface area contributed by atoms with Gasteiger partial charge in [-0.3, -0.25) is 4.79 Å². The van der Waals surface area contributed by atoms with Gasteiger partial charge in [0.1, 0.15) is 6.54 Å². The van der Waals surface area contributed by atoms with Crippen molar-refractivity contribution < 1.29 is 32.7 Å². The van der Waals surface area contributed by atoms with E-state index in [0.29, 0.717) is 18.2 Å². The topological polar surface area (TPSA) is 74.1 Å². The molecule has 0 unspecified atom stereocenters. The molecule has 1 aliphatic carbocycles. The van der Waals surface area contributed by atoms with Crippen LogP contribution in [0.15, 0.2) is 18.2 Å². The maximum Gasteiger partial charge on any atom is 0.216 e. The molecule has 0 heterocycles. The van der Waals surface area contributed by atoms with Gasteiger partial charge < -0.3 is 27.9 Å². The Bertz CT molecular complexity index is 417. The predicted molar refractivity (Wildman–Crippen MR) is 63.2 cm³/mol. The van der Waals surface area contributed by atoms with E-state index in [4.69, 9.17) is 5.11 Å². The van der Waals surface area contributed by atoms with E-state index in [9.17, 15) is 9.90 Å². The number of phenolic OH excluding ortho intramolecular Hbond substituents is 2. The van der Waals surface area contributed by atoms with Gasteiger partial charge in [0.25, 0.3) is 0 Å². The van der Waals surface area contributed by atoms with E-state index in [1.807, 2.05) is 0 Å². The number of ketones is 1. The summed E-state index contributed by atoms with van der Waals surface area (Å²) in [7, 11) is 0. The molecule has 0 atom stereocenters. The summed E-state index contributed by atoms with van der Waals surface area (Å²) < 4.78 is 0. The van der Waals surface area contributed by atoms with E-state index in [1.165, 1.54) is 37.8 Å². The number of benzene rings is 1. The molecule has 1 fully saturated rings. The molecule has 0 aromatic heterocycles. The third kappa shape index (κ3) is 3.62. The second-order valence-corrected chi connectivity index (χ2v) is 4.61. The van der Waals surface area contributed by atoms with Crippen molar-refractivity contribution in [2.24, 2.45) is 0 Å². The number of phenols is 2. The van der Waals surface area contributed by atoms with Gasteiger partial charge in [0.05, 0.1) is 6.04 Å². The number of nitrogens with two attached hydrogens (primary N) is 1. The molecular weight excluding hydrogens is 254 g/mol. The smallest absolute Gasteiger partial charge is 0.216 e. The van der Waals surface area contributed by atoms with Crippen molar-refractivity contribution >= 4 is 5.78 Å². The minimum atomic E-state index is -0.239. The highest BCUT2D eigenvalue weighted by atomic mass is 35.5. The number of aromatic hydroxyl groups is 2. The van der Waals surface area contributed by atoms with Crippen molar-refractivity contribution in [3.63, 3.8) is 0 Å². The van der Waals surface area contributed by atoms with E-state index in [2.05, 4.69) is 5.32 Å². The van der Waals surface area contributed by atoms with Gasteiger partial charge in [-0.2, -0.15) is 0 Å². The first-order valence-corrected chi connectivity index (χ1v) is 6.05. The third-order valence-corrected chi connectivity index (χ3v) is 3.33. The number of quaternary nitrogens is 1. The molecule has 0 amide bonds. The molecule has 18 heavy (non-hydrogen) atoms. The van der Waals surface area contributed by atoms with Crippen molar-refractivity contribution in [2.75, 3.05) is 6.54 Å². The second kappa shape index (κ2) is 6.61. The van der Waals surface area contributed by atoms with E-state index in [-0.39, 0.29) is 29.7 Å². The third-order valence-electron chi connectivity index (χ3n) is 3.33. The van der Waals surface area contributed by atoms with Crippen molar-refractivity contribution in [1.29, 1.82) is 0 Å². The molecule has 0 aliphatic heterocycles. The number of carbonyl (C=O) groups is 1.